The highest BCUT2D eigenvalue weighted by molar-refractivity contribution is 6.00. The zero-order valence-corrected chi connectivity index (χ0v) is 40.3. The fourth-order valence-corrected chi connectivity index (χ4v) is 7.47. The first kappa shape index (κ1) is 52.9. The average molecular weight is 906 g/mol. The van der Waals surface area contributed by atoms with E-state index in [1.807, 2.05) is 76.2 Å². The number of carbonyl (C=O) groups excluding carboxylic acids is 4. The van der Waals surface area contributed by atoms with Gasteiger partial charge in [-0.25, -0.2) is 9.48 Å². The van der Waals surface area contributed by atoms with Gasteiger partial charge in [-0.3, -0.25) is 14.4 Å². The van der Waals surface area contributed by atoms with Gasteiger partial charge in [0.1, 0.15) is 12.3 Å². The third-order valence-electron chi connectivity index (χ3n) is 10.8. The standard InChI is InChI=1S/C49H75N7O9/c1-35(2)46(59)40(52-36(3)4)19-14-15-23-51-47(60)65-27-25-56-45-39-18-12-13-20-41(39)55(30-37-16-10-11-17-38(37)44(45)53-54-56)43(58)21-24-50-42(57)22-26-62-31-48(5,6)33-64-34-49(7,8)32-63-29-28-61-9/h10-13,16-18,20,35-36,40,52H,14-15,19,21-34H2,1-9H3,(H,50,57)(H,51,60). The van der Waals surface area contributed by atoms with Crippen molar-refractivity contribution in [3.8, 4) is 22.5 Å². The van der Waals surface area contributed by atoms with Crippen LogP contribution in [0.25, 0.3) is 22.5 Å². The van der Waals surface area contributed by atoms with Crippen molar-refractivity contribution >= 4 is 29.4 Å². The normalized spacial score (nSPS) is 13.1. The van der Waals surface area contributed by atoms with Gasteiger partial charge in [0.2, 0.25) is 11.8 Å². The number of nitrogens with zero attached hydrogens (tertiary/aromatic N) is 4. The van der Waals surface area contributed by atoms with Crippen LogP contribution in [-0.4, -0.2) is 124 Å². The second-order valence-electron chi connectivity index (χ2n) is 18.9. The minimum absolute atomic E-state index is 0.0410. The minimum Gasteiger partial charge on any atom is -0.448 e. The van der Waals surface area contributed by atoms with Crippen molar-refractivity contribution in [2.75, 3.05) is 78.0 Å². The van der Waals surface area contributed by atoms with Crippen LogP contribution < -0.4 is 20.9 Å². The number of nitrogens with one attached hydrogen (secondary N) is 3. The summed E-state index contributed by atoms with van der Waals surface area (Å²) in [5, 5.41) is 18.2. The zero-order chi connectivity index (χ0) is 47.4. The summed E-state index contributed by atoms with van der Waals surface area (Å²) in [5.74, 6) is -0.197. The molecule has 0 spiro atoms. The van der Waals surface area contributed by atoms with Crippen LogP contribution in [0.3, 0.4) is 0 Å². The number of methoxy groups -OCH3 is 1. The number of benzene rings is 2. The number of aromatic nitrogens is 3. The van der Waals surface area contributed by atoms with Crippen LogP contribution in [0, 0.1) is 16.7 Å². The number of hydrogen-bond donors (Lipinski definition) is 3. The molecule has 2 heterocycles. The van der Waals surface area contributed by atoms with Crippen molar-refractivity contribution in [2.45, 2.75) is 113 Å². The Bertz CT molecular complexity index is 1960. The third kappa shape index (κ3) is 17.5. The second kappa shape index (κ2) is 26.4. The van der Waals surface area contributed by atoms with E-state index in [9.17, 15) is 19.2 Å². The lowest BCUT2D eigenvalue weighted by Gasteiger charge is -2.29. The van der Waals surface area contributed by atoms with E-state index >= 15 is 0 Å². The number of ether oxygens (including phenoxy) is 5. The highest BCUT2D eigenvalue weighted by atomic mass is 16.5. The molecule has 0 radical (unpaired) electrons. The number of hydrogen-bond acceptors (Lipinski definition) is 12. The molecule has 16 nitrogen and oxygen atoms in total. The SMILES string of the molecule is COCCOCC(C)(C)COCC(C)(C)COCCC(=O)NCCC(=O)N1Cc2ccccc2-c2nnn(CCOC(=O)NCCCCC(NC(C)C)C(=O)C(C)C)c2-c2ccccc21. The monoisotopic (exact) mass is 906 g/mol. The number of anilines is 1. The summed E-state index contributed by atoms with van der Waals surface area (Å²) in [6.07, 6.45) is 1.91. The van der Waals surface area contributed by atoms with Gasteiger partial charge in [-0.2, -0.15) is 0 Å². The van der Waals surface area contributed by atoms with Crippen molar-refractivity contribution in [1.29, 1.82) is 0 Å². The van der Waals surface area contributed by atoms with Crippen molar-refractivity contribution < 1.29 is 42.9 Å². The van der Waals surface area contributed by atoms with Crippen molar-refractivity contribution in [2.24, 2.45) is 16.7 Å². The van der Waals surface area contributed by atoms with Crippen LogP contribution in [0.1, 0.15) is 93.1 Å². The Morgan fingerprint density at radius 1 is 0.754 bits per heavy atom. The van der Waals surface area contributed by atoms with Crippen LogP contribution in [-0.2, 0) is 51.2 Å². The summed E-state index contributed by atoms with van der Waals surface area (Å²) in [7, 11) is 1.65. The van der Waals surface area contributed by atoms with Gasteiger partial charge < -0.3 is 44.5 Å². The van der Waals surface area contributed by atoms with Gasteiger partial charge in [-0.05, 0) is 30.9 Å². The van der Waals surface area contributed by atoms with E-state index in [4.69, 9.17) is 23.7 Å². The van der Waals surface area contributed by atoms with E-state index < -0.39 is 6.09 Å². The van der Waals surface area contributed by atoms with Gasteiger partial charge >= 0.3 is 6.09 Å². The Kier molecular flexibility index (Phi) is 21.5. The molecule has 0 fully saturated rings. The van der Waals surface area contributed by atoms with Crippen LogP contribution in [0.15, 0.2) is 48.5 Å². The summed E-state index contributed by atoms with van der Waals surface area (Å²) in [6.45, 7) is 20.8. The Balaban J connectivity index is 1.28. The van der Waals surface area contributed by atoms with Crippen molar-refractivity contribution in [3.63, 3.8) is 0 Å². The number of Topliss-reactive ketones (excluding diaryl/α,β-unsaturated/α-hetero) is 1. The smallest absolute Gasteiger partial charge is 0.407 e. The molecular formula is C49H75N7O9. The lowest BCUT2D eigenvalue weighted by Crippen LogP contribution is -2.42. The maximum atomic E-state index is 14.1. The Hall–Kier alpha value is -4.74. The molecule has 0 aliphatic carbocycles. The molecular weight excluding hydrogens is 831 g/mol. The lowest BCUT2D eigenvalue weighted by atomic mass is 9.94. The molecule has 3 amide bonds. The number of amides is 3. The molecule has 3 aromatic rings. The number of ketones is 1. The van der Waals surface area contributed by atoms with E-state index in [0.29, 0.717) is 82.6 Å². The van der Waals surface area contributed by atoms with Crippen LogP contribution >= 0.6 is 0 Å². The maximum Gasteiger partial charge on any atom is 0.407 e. The van der Waals surface area contributed by atoms with Crippen molar-refractivity contribution in [1.82, 2.24) is 30.9 Å². The number of fused-ring (bicyclic) bond motifs is 5. The summed E-state index contributed by atoms with van der Waals surface area (Å²) in [6, 6.07) is 15.4. The van der Waals surface area contributed by atoms with Crippen molar-refractivity contribution in [3.05, 3.63) is 54.1 Å². The quantitative estimate of drug-likeness (QED) is 0.0636. The predicted octanol–water partition coefficient (Wildman–Crippen LogP) is 6.59. The summed E-state index contributed by atoms with van der Waals surface area (Å²) < 4.78 is 29.9. The molecule has 1 atom stereocenters. The molecule has 4 rings (SSSR count). The molecule has 3 N–H and O–H groups in total. The van der Waals surface area contributed by atoms with Gasteiger partial charge in [0, 0.05) is 67.0 Å². The number of alkyl carbamates (subject to hydrolysis) is 1. The minimum atomic E-state index is -0.535. The summed E-state index contributed by atoms with van der Waals surface area (Å²) in [5.41, 5.74) is 4.16. The van der Waals surface area contributed by atoms with Gasteiger partial charge in [0.25, 0.3) is 0 Å². The molecule has 1 aliphatic heterocycles. The molecule has 0 saturated heterocycles. The van der Waals surface area contributed by atoms with E-state index in [1.165, 1.54) is 0 Å². The van der Waals surface area contributed by atoms with E-state index in [2.05, 4.69) is 54.0 Å². The first-order valence-electron chi connectivity index (χ1n) is 23.1. The van der Waals surface area contributed by atoms with Gasteiger partial charge in [-0.1, -0.05) is 103 Å². The topological polar surface area (TPSA) is 184 Å². The Morgan fingerprint density at radius 3 is 2.11 bits per heavy atom. The lowest BCUT2D eigenvalue weighted by molar-refractivity contribution is -0.124. The first-order chi connectivity index (χ1) is 31.0. The maximum absolute atomic E-state index is 14.1. The van der Waals surface area contributed by atoms with Crippen LogP contribution in [0.2, 0.25) is 0 Å². The molecule has 0 bridgehead atoms. The molecule has 360 valence electrons. The van der Waals surface area contributed by atoms with Crippen LogP contribution in [0.5, 0.6) is 0 Å². The Labute approximate surface area is 386 Å². The summed E-state index contributed by atoms with van der Waals surface area (Å²) >= 11 is 0. The molecule has 1 aliphatic rings. The average Bonchev–Trinajstić information content (AvgIpc) is 3.67. The highest BCUT2D eigenvalue weighted by Crippen LogP contribution is 2.41. The number of unbranched alkanes of at least 4 members (excludes halogenated alkanes) is 1. The highest BCUT2D eigenvalue weighted by Gasteiger charge is 2.30. The first-order valence-corrected chi connectivity index (χ1v) is 23.1. The Morgan fingerprint density at radius 2 is 1.42 bits per heavy atom. The molecule has 16 heteroatoms. The number of para-hydroxylation sites is 1. The largest absolute Gasteiger partial charge is 0.448 e. The predicted molar refractivity (Wildman–Crippen MR) is 251 cm³/mol. The van der Waals surface area contributed by atoms with Gasteiger partial charge in [0.05, 0.1) is 76.8 Å². The van der Waals surface area contributed by atoms with Gasteiger partial charge in [-0.15, -0.1) is 5.10 Å². The fraction of sp³-hybridized carbons (Fsp3) is 0.633. The third-order valence-corrected chi connectivity index (χ3v) is 10.8. The second-order valence-corrected chi connectivity index (χ2v) is 18.9. The molecule has 1 aromatic heterocycles. The van der Waals surface area contributed by atoms with E-state index in [0.717, 1.165) is 23.1 Å². The number of carbonyl (C=O) groups is 4. The molecule has 65 heavy (non-hydrogen) atoms. The van der Waals surface area contributed by atoms with Gasteiger partial charge in [0.15, 0.2) is 5.78 Å². The molecule has 2 aromatic carbocycles. The van der Waals surface area contributed by atoms with E-state index in [1.54, 1.807) is 16.7 Å². The fourth-order valence-electron chi connectivity index (χ4n) is 7.47. The summed E-state index contributed by atoms with van der Waals surface area (Å²) in [4.78, 5) is 53.9. The molecule has 0 saturated carbocycles. The van der Waals surface area contributed by atoms with Crippen LogP contribution in [0.4, 0.5) is 10.5 Å². The molecule has 1 unspecified atom stereocenters. The number of rotatable bonds is 29. The zero-order valence-electron chi connectivity index (χ0n) is 40.3. The van der Waals surface area contributed by atoms with E-state index in [-0.39, 0.29) is 85.6 Å².